The van der Waals surface area contributed by atoms with Gasteiger partial charge in [0.2, 0.25) is 0 Å². The molecule has 0 aromatic carbocycles. The van der Waals surface area contributed by atoms with E-state index in [0.717, 1.165) is 12.6 Å². The van der Waals surface area contributed by atoms with Gasteiger partial charge in [-0.3, -0.25) is 0 Å². The van der Waals surface area contributed by atoms with Crippen LogP contribution in [0.2, 0.25) is 0 Å². The van der Waals surface area contributed by atoms with E-state index < -0.39 is 0 Å². The molecule has 0 aliphatic heterocycles. The summed E-state index contributed by atoms with van der Waals surface area (Å²) in [7, 11) is 0. The molecule has 0 rings (SSSR count). The number of carbonyl (C=O) groups excluding carboxylic acids is 2. The number of hydrogen-bond donors (Lipinski definition) is 0. The molecule has 0 spiro atoms. The van der Waals surface area contributed by atoms with Gasteiger partial charge >= 0.3 is 0 Å². The standard InChI is InChI=1S/C3H6.2C2H4O.2C2H4S/c1-3-2;4*1-2-3/h3H,1H2,2H3;4*2H,1H3. The van der Waals surface area contributed by atoms with Gasteiger partial charge in [-0.2, -0.15) is 0 Å². The van der Waals surface area contributed by atoms with Crippen LogP contribution in [0.1, 0.15) is 34.6 Å². The van der Waals surface area contributed by atoms with Crippen LogP contribution >= 0.6 is 24.4 Å². The van der Waals surface area contributed by atoms with Crippen LogP contribution in [0.5, 0.6) is 0 Å². The van der Waals surface area contributed by atoms with Crippen molar-refractivity contribution in [2.75, 3.05) is 0 Å². The van der Waals surface area contributed by atoms with Gasteiger partial charge in [0, 0.05) is 0 Å². The zero-order valence-corrected chi connectivity index (χ0v) is 11.9. The summed E-state index contributed by atoms with van der Waals surface area (Å²) in [5.74, 6) is 0. The SMILES string of the molecule is C=CC.CC=O.CC=O.CC=S.CC=S. The van der Waals surface area contributed by atoms with E-state index in [1.807, 2.05) is 20.8 Å². The van der Waals surface area contributed by atoms with Gasteiger partial charge in [-0.15, -0.1) is 6.58 Å². The molecule has 0 radical (unpaired) electrons. The number of aldehydes is 2. The van der Waals surface area contributed by atoms with Crippen LogP contribution in [-0.4, -0.2) is 23.3 Å². The van der Waals surface area contributed by atoms with E-state index in [4.69, 9.17) is 9.59 Å². The summed E-state index contributed by atoms with van der Waals surface area (Å²) < 4.78 is 0. The molecular weight excluding hydrogens is 228 g/mol. The lowest BCUT2D eigenvalue weighted by Gasteiger charge is -1.31. The molecule has 0 aliphatic carbocycles. The van der Waals surface area contributed by atoms with E-state index in [2.05, 4.69) is 31.0 Å². The number of allylic oxidation sites excluding steroid dienone is 1. The van der Waals surface area contributed by atoms with Gasteiger partial charge in [-0.25, -0.2) is 0 Å². The van der Waals surface area contributed by atoms with Crippen molar-refractivity contribution >= 4 is 47.7 Å². The summed E-state index contributed by atoms with van der Waals surface area (Å²) in [4.78, 5) is 17.6. The first-order valence-electron chi connectivity index (χ1n) is 4.24. The minimum Gasteiger partial charge on any atom is -0.304 e. The number of thiocarbonyl (C=S) groups is 2. The first kappa shape index (κ1) is 29.2. The van der Waals surface area contributed by atoms with Gasteiger partial charge in [-0.1, -0.05) is 30.5 Å². The molecule has 0 bridgehead atoms. The summed E-state index contributed by atoms with van der Waals surface area (Å²) >= 11 is 8.54. The second kappa shape index (κ2) is 110. The van der Waals surface area contributed by atoms with Crippen molar-refractivity contribution in [1.29, 1.82) is 0 Å². The van der Waals surface area contributed by atoms with Crippen molar-refractivity contribution in [1.82, 2.24) is 0 Å². The fourth-order valence-electron chi connectivity index (χ4n) is 0. The summed E-state index contributed by atoms with van der Waals surface area (Å²) in [6, 6.07) is 0. The van der Waals surface area contributed by atoms with Gasteiger partial charge in [-0.05, 0) is 45.4 Å². The van der Waals surface area contributed by atoms with Gasteiger partial charge < -0.3 is 9.59 Å². The smallest absolute Gasteiger partial charge is 0.116 e. The van der Waals surface area contributed by atoms with E-state index in [-0.39, 0.29) is 0 Å². The molecular formula is C11H22O2S2. The quantitative estimate of drug-likeness (QED) is 0.373. The molecule has 0 amide bonds. The Hall–Kier alpha value is -0.740. The lowest BCUT2D eigenvalue weighted by atomic mass is 10.8. The zero-order chi connectivity index (χ0) is 13.5. The van der Waals surface area contributed by atoms with Crippen LogP contribution in [0, 0.1) is 0 Å². The van der Waals surface area contributed by atoms with Crippen LogP contribution in [0.25, 0.3) is 0 Å². The van der Waals surface area contributed by atoms with E-state index >= 15 is 0 Å². The second-order valence-corrected chi connectivity index (χ2v) is 2.29. The molecule has 0 atom stereocenters. The highest BCUT2D eigenvalue weighted by molar-refractivity contribution is 7.79. The predicted octanol–water partition coefficient (Wildman–Crippen LogP) is 3.61. The fraction of sp³-hybridized carbons (Fsp3) is 0.455. The van der Waals surface area contributed by atoms with E-state index in [1.165, 1.54) is 13.8 Å². The Morgan fingerprint density at radius 3 is 0.800 bits per heavy atom. The zero-order valence-electron chi connectivity index (χ0n) is 10.2. The van der Waals surface area contributed by atoms with E-state index in [0.29, 0.717) is 0 Å². The first-order chi connectivity index (χ1) is 7.07. The van der Waals surface area contributed by atoms with Crippen LogP contribution in [0.4, 0.5) is 0 Å². The monoisotopic (exact) mass is 250 g/mol. The summed E-state index contributed by atoms with van der Waals surface area (Å²) in [6.07, 6.45) is 3.25. The molecule has 15 heavy (non-hydrogen) atoms. The highest BCUT2D eigenvalue weighted by Gasteiger charge is 1.24. The van der Waals surface area contributed by atoms with Crippen molar-refractivity contribution in [2.24, 2.45) is 0 Å². The minimum atomic E-state index is 0.750. The third kappa shape index (κ3) is 3070. The van der Waals surface area contributed by atoms with E-state index in [1.54, 1.807) is 16.8 Å². The molecule has 0 fully saturated rings. The minimum absolute atomic E-state index is 0.750. The molecule has 0 saturated heterocycles. The Morgan fingerprint density at radius 1 is 0.800 bits per heavy atom. The highest BCUT2D eigenvalue weighted by Crippen LogP contribution is 1.38. The van der Waals surface area contributed by atoms with Crippen molar-refractivity contribution < 1.29 is 9.59 Å². The molecule has 4 heteroatoms. The van der Waals surface area contributed by atoms with Crippen molar-refractivity contribution in [3.63, 3.8) is 0 Å². The molecule has 0 aliphatic rings. The maximum Gasteiger partial charge on any atom is 0.116 e. The molecule has 2 nitrogen and oxygen atoms in total. The van der Waals surface area contributed by atoms with Gasteiger partial charge in [0.15, 0.2) is 0 Å². The Morgan fingerprint density at radius 2 is 0.800 bits per heavy atom. The largest absolute Gasteiger partial charge is 0.304 e. The maximum atomic E-state index is 8.81. The highest BCUT2D eigenvalue weighted by atomic mass is 32.1. The topological polar surface area (TPSA) is 34.1 Å². The molecule has 0 N–H and O–H groups in total. The van der Waals surface area contributed by atoms with Crippen molar-refractivity contribution in [3.05, 3.63) is 12.7 Å². The van der Waals surface area contributed by atoms with Crippen LogP contribution in [-0.2, 0) is 9.59 Å². The summed E-state index contributed by atoms with van der Waals surface area (Å²) in [5.41, 5.74) is 0. The van der Waals surface area contributed by atoms with Gasteiger partial charge in [0.05, 0.1) is 0 Å². The maximum absolute atomic E-state index is 8.81. The molecule has 0 aromatic heterocycles. The Kier molecular flexibility index (Phi) is 214. The van der Waals surface area contributed by atoms with Gasteiger partial charge in [0.25, 0.3) is 0 Å². The summed E-state index contributed by atoms with van der Waals surface area (Å²) in [5, 5.41) is 3.17. The fourth-order valence-corrected chi connectivity index (χ4v) is 0. The molecule has 0 unspecified atom stereocenters. The second-order valence-electron chi connectivity index (χ2n) is 1.35. The van der Waals surface area contributed by atoms with Crippen LogP contribution in [0.15, 0.2) is 12.7 Å². The van der Waals surface area contributed by atoms with Crippen LogP contribution in [0.3, 0.4) is 0 Å². The number of carbonyl (C=O) groups is 2. The predicted molar refractivity (Wildman–Crippen MR) is 78.0 cm³/mol. The normalized spacial score (nSPS) is 4.33. The Labute approximate surface area is 105 Å². The summed E-state index contributed by atoms with van der Waals surface area (Å²) in [6.45, 7) is 11.8. The first-order valence-corrected chi connectivity index (χ1v) is 5.18. The lowest BCUT2D eigenvalue weighted by Crippen LogP contribution is -1.36. The van der Waals surface area contributed by atoms with Gasteiger partial charge in [0.1, 0.15) is 12.6 Å². The molecule has 90 valence electrons. The Bertz CT molecular complexity index is 88.9. The third-order valence-corrected chi connectivity index (χ3v) is 0. The number of hydrogen-bond acceptors (Lipinski definition) is 4. The van der Waals surface area contributed by atoms with Crippen LogP contribution < -0.4 is 0 Å². The third-order valence-electron chi connectivity index (χ3n) is 0. The molecule has 0 saturated carbocycles. The van der Waals surface area contributed by atoms with E-state index in [9.17, 15) is 0 Å². The molecule has 0 aromatic rings. The lowest BCUT2D eigenvalue weighted by molar-refractivity contribution is -0.106. The average molecular weight is 250 g/mol. The average Bonchev–Trinajstić information content (AvgIpc) is 2.09. The number of rotatable bonds is 0. The Balaban J connectivity index is -0.0000000278. The van der Waals surface area contributed by atoms with Crippen molar-refractivity contribution in [2.45, 2.75) is 34.6 Å². The van der Waals surface area contributed by atoms with Crippen molar-refractivity contribution in [3.8, 4) is 0 Å². The molecule has 0 heterocycles.